The van der Waals surface area contributed by atoms with Gasteiger partial charge in [0.2, 0.25) is 3.79 Å². The van der Waals surface area contributed by atoms with Crippen molar-refractivity contribution >= 4 is 40.8 Å². The Labute approximate surface area is 74.4 Å². The molecule has 5 heteroatoms. The lowest BCUT2D eigenvalue weighted by Crippen LogP contribution is -2.25. The van der Waals surface area contributed by atoms with Crippen molar-refractivity contribution in [2.75, 3.05) is 7.11 Å². The van der Waals surface area contributed by atoms with Crippen LogP contribution in [0.1, 0.15) is 6.92 Å². The minimum Gasteiger partial charge on any atom is -0.469 e. The molecule has 0 heterocycles. The first-order chi connectivity index (χ1) is 4.39. The molecule has 0 saturated carbocycles. The highest BCUT2D eigenvalue weighted by molar-refractivity contribution is 6.68. The lowest BCUT2D eigenvalue weighted by Gasteiger charge is -2.16. The largest absolute Gasteiger partial charge is 0.469 e. The Balaban J connectivity index is 4.08. The summed E-state index contributed by atoms with van der Waals surface area (Å²) >= 11 is 16.2. The summed E-state index contributed by atoms with van der Waals surface area (Å²) < 4.78 is 2.77. The molecule has 0 aliphatic heterocycles. The second-order valence-electron chi connectivity index (χ2n) is 1.79. The smallest absolute Gasteiger partial charge is 0.312 e. The number of esters is 1. The molecule has 1 atom stereocenters. The molecular formula is C5H7Cl3O2. The van der Waals surface area contributed by atoms with E-state index in [4.69, 9.17) is 34.8 Å². The summed E-state index contributed by atoms with van der Waals surface area (Å²) in [6.07, 6.45) is 0. The first-order valence-corrected chi connectivity index (χ1v) is 3.67. The molecule has 0 spiro atoms. The number of halogens is 3. The molecular weight excluding hydrogens is 198 g/mol. The van der Waals surface area contributed by atoms with Crippen molar-refractivity contribution in [1.29, 1.82) is 0 Å². The Morgan fingerprint density at radius 2 is 1.90 bits per heavy atom. The molecule has 0 N–H and O–H groups in total. The van der Waals surface area contributed by atoms with Crippen LogP contribution >= 0.6 is 34.8 Å². The van der Waals surface area contributed by atoms with Gasteiger partial charge < -0.3 is 4.74 Å². The van der Waals surface area contributed by atoms with Gasteiger partial charge in [-0.3, -0.25) is 4.79 Å². The Bertz CT molecular complexity index is 129. The number of hydrogen-bond acceptors (Lipinski definition) is 2. The Morgan fingerprint density at radius 3 is 2.00 bits per heavy atom. The zero-order chi connectivity index (χ0) is 8.36. The number of hydrogen-bond donors (Lipinski definition) is 0. The fraction of sp³-hybridized carbons (Fsp3) is 0.800. The van der Waals surface area contributed by atoms with Gasteiger partial charge in [0, 0.05) is 0 Å². The quantitative estimate of drug-likeness (QED) is 0.484. The van der Waals surface area contributed by atoms with Crippen LogP contribution in [0.4, 0.5) is 0 Å². The molecule has 0 aromatic carbocycles. The zero-order valence-electron chi connectivity index (χ0n) is 5.53. The maximum Gasteiger partial charge on any atom is 0.312 e. The maximum atomic E-state index is 10.7. The highest BCUT2D eigenvalue weighted by Crippen LogP contribution is 2.35. The molecule has 0 fully saturated rings. The maximum absolute atomic E-state index is 10.7. The normalized spacial score (nSPS) is 14.5. The van der Waals surface area contributed by atoms with Crippen molar-refractivity contribution in [3.8, 4) is 0 Å². The topological polar surface area (TPSA) is 26.3 Å². The minimum atomic E-state index is -1.58. The van der Waals surface area contributed by atoms with Crippen LogP contribution in [0.15, 0.2) is 0 Å². The first-order valence-electron chi connectivity index (χ1n) is 2.54. The standard InChI is InChI=1S/C5H7Cl3O2/c1-3(4(9)10-2)5(6,7)8/h3H,1-2H3. The van der Waals surface area contributed by atoms with Gasteiger partial charge in [0.25, 0.3) is 0 Å². The lowest BCUT2D eigenvalue weighted by atomic mass is 10.2. The number of rotatable bonds is 1. The van der Waals surface area contributed by atoms with Crippen LogP contribution in [-0.2, 0) is 9.53 Å². The van der Waals surface area contributed by atoms with Crippen molar-refractivity contribution in [1.82, 2.24) is 0 Å². The van der Waals surface area contributed by atoms with Gasteiger partial charge in [0.05, 0.1) is 7.11 Å². The molecule has 2 nitrogen and oxygen atoms in total. The van der Waals surface area contributed by atoms with E-state index in [2.05, 4.69) is 4.74 Å². The average molecular weight is 205 g/mol. The summed E-state index contributed by atoms with van der Waals surface area (Å²) in [7, 11) is 1.25. The summed E-state index contributed by atoms with van der Waals surface area (Å²) in [6, 6.07) is 0. The number of methoxy groups -OCH3 is 1. The van der Waals surface area contributed by atoms with Gasteiger partial charge >= 0.3 is 5.97 Å². The SMILES string of the molecule is COC(=O)C(C)C(Cl)(Cl)Cl. The van der Waals surface area contributed by atoms with Crippen molar-refractivity contribution in [2.24, 2.45) is 5.92 Å². The minimum absolute atomic E-state index is 0.528. The van der Waals surface area contributed by atoms with Gasteiger partial charge in [-0.25, -0.2) is 0 Å². The number of alkyl halides is 3. The molecule has 0 aromatic rings. The third kappa shape index (κ3) is 2.95. The summed E-state index contributed by atoms with van der Waals surface area (Å²) in [6.45, 7) is 1.48. The van der Waals surface area contributed by atoms with Gasteiger partial charge in [-0.15, -0.1) is 0 Å². The second-order valence-corrected chi connectivity index (χ2v) is 4.16. The monoisotopic (exact) mass is 204 g/mol. The summed E-state index contributed by atoms with van der Waals surface area (Å²) in [5.41, 5.74) is 0. The van der Waals surface area contributed by atoms with E-state index in [1.807, 2.05) is 0 Å². The molecule has 0 aliphatic carbocycles. The van der Waals surface area contributed by atoms with Crippen LogP contribution in [-0.4, -0.2) is 16.9 Å². The molecule has 1 unspecified atom stereocenters. The van der Waals surface area contributed by atoms with Crippen molar-refractivity contribution in [2.45, 2.75) is 10.7 Å². The van der Waals surface area contributed by atoms with E-state index in [1.165, 1.54) is 14.0 Å². The van der Waals surface area contributed by atoms with Gasteiger partial charge in [-0.2, -0.15) is 0 Å². The van der Waals surface area contributed by atoms with Crippen LogP contribution in [0.5, 0.6) is 0 Å². The Morgan fingerprint density at radius 1 is 1.50 bits per heavy atom. The van der Waals surface area contributed by atoms with Gasteiger partial charge in [0.1, 0.15) is 5.92 Å². The number of ether oxygens (including phenoxy) is 1. The summed E-state index contributed by atoms with van der Waals surface area (Å²) in [5, 5.41) is 0. The highest BCUT2D eigenvalue weighted by Gasteiger charge is 2.34. The fourth-order valence-corrected chi connectivity index (χ4v) is 0.578. The van der Waals surface area contributed by atoms with Crippen molar-refractivity contribution in [3.63, 3.8) is 0 Å². The van der Waals surface area contributed by atoms with E-state index in [0.717, 1.165) is 0 Å². The molecule has 0 amide bonds. The third-order valence-electron chi connectivity index (χ3n) is 1.05. The molecule has 0 radical (unpaired) electrons. The van der Waals surface area contributed by atoms with E-state index < -0.39 is 15.7 Å². The molecule has 0 saturated heterocycles. The molecule has 0 aliphatic rings. The Hall–Kier alpha value is 0.340. The number of carbonyl (C=O) groups excluding carboxylic acids is 1. The highest BCUT2D eigenvalue weighted by atomic mass is 35.6. The molecule has 0 bridgehead atoms. The Kier molecular flexibility index (Phi) is 3.77. The van der Waals surface area contributed by atoms with Crippen LogP contribution in [0.25, 0.3) is 0 Å². The van der Waals surface area contributed by atoms with Crippen molar-refractivity contribution in [3.05, 3.63) is 0 Å². The molecule has 60 valence electrons. The van der Waals surface area contributed by atoms with Crippen LogP contribution in [0.3, 0.4) is 0 Å². The molecule has 0 rings (SSSR count). The van der Waals surface area contributed by atoms with Gasteiger partial charge in [-0.1, -0.05) is 34.8 Å². The van der Waals surface area contributed by atoms with E-state index in [1.54, 1.807) is 0 Å². The third-order valence-corrected chi connectivity index (χ3v) is 2.03. The summed E-state index contributed by atoms with van der Waals surface area (Å²) in [5.74, 6) is -1.26. The van der Waals surface area contributed by atoms with E-state index in [-0.39, 0.29) is 0 Å². The lowest BCUT2D eigenvalue weighted by molar-refractivity contribution is -0.144. The van der Waals surface area contributed by atoms with E-state index >= 15 is 0 Å². The summed E-state index contributed by atoms with van der Waals surface area (Å²) in [4.78, 5) is 10.7. The van der Waals surface area contributed by atoms with Crippen LogP contribution < -0.4 is 0 Å². The second kappa shape index (κ2) is 3.65. The zero-order valence-corrected chi connectivity index (χ0v) is 7.80. The fourth-order valence-electron chi connectivity index (χ4n) is 0.310. The van der Waals surface area contributed by atoms with Gasteiger partial charge in [0.15, 0.2) is 0 Å². The van der Waals surface area contributed by atoms with Crippen LogP contribution in [0.2, 0.25) is 0 Å². The van der Waals surface area contributed by atoms with E-state index in [0.29, 0.717) is 0 Å². The predicted octanol–water partition coefficient (Wildman–Crippen LogP) is 2.17. The van der Waals surface area contributed by atoms with Crippen molar-refractivity contribution < 1.29 is 9.53 Å². The molecule has 0 aromatic heterocycles. The predicted molar refractivity (Wildman–Crippen MR) is 41.5 cm³/mol. The molecule has 10 heavy (non-hydrogen) atoms. The first kappa shape index (κ1) is 10.3. The van der Waals surface area contributed by atoms with Crippen LogP contribution in [0, 0.1) is 5.92 Å². The average Bonchev–Trinajstić information content (AvgIpc) is 1.83. The van der Waals surface area contributed by atoms with E-state index in [9.17, 15) is 4.79 Å². The van der Waals surface area contributed by atoms with Gasteiger partial charge in [-0.05, 0) is 6.92 Å². The number of carbonyl (C=O) groups is 1.